The zero-order valence-electron chi connectivity index (χ0n) is 12.1. The highest BCUT2D eigenvalue weighted by molar-refractivity contribution is 5.85. The van der Waals surface area contributed by atoms with Gasteiger partial charge in [0.1, 0.15) is 0 Å². The minimum absolute atomic E-state index is 0.0331. The van der Waals surface area contributed by atoms with E-state index < -0.39 is 0 Å². The highest BCUT2D eigenvalue weighted by Gasteiger charge is 2.24. The fraction of sp³-hybridized carbons (Fsp3) is 0.500. The second-order valence-electron chi connectivity index (χ2n) is 5.73. The van der Waals surface area contributed by atoms with Crippen molar-refractivity contribution in [1.29, 1.82) is 0 Å². The summed E-state index contributed by atoms with van der Waals surface area (Å²) < 4.78 is 0. The van der Waals surface area contributed by atoms with E-state index in [0.29, 0.717) is 6.42 Å². The van der Waals surface area contributed by atoms with Gasteiger partial charge in [0.05, 0.1) is 6.54 Å². The molecule has 1 fully saturated rings. The van der Waals surface area contributed by atoms with Crippen molar-refractivity contribution < 1.29 is 9.59 Å². The van der Waals surface area contributed by atoms with Crippen LogP contribution in [0.15, 0.2) is 24.3 Å². The van der Waals surface area contributed by atoms with Crippen molar-refractivity contribution in [3.05, 3.63) is 29.8 Å². The summed E-state index contributed by atoms with van der Waals surface area (Å²) >= 11 is 0. The molecule has 5 heteroatoms. The molecule has 2 amide bonds. The average molecular weight is 287 g/mol. The standard InChI is InChI=1S/C16H21N3O2/c20-15(18-11-16(21)19-7-3-4-8-19)9-12-10-17-14-6-2-1-5-13(12)14/h1-2,5-6,12,17H,3-4,7-11H2,(H,18,20). The third-order valence-electron chi connectivity index (χ3n) is 4.27. The van der Waals surface area contributed by atoms with E-state index in [-0.39, 0.29) is 24.3 Å². The Morgan fingerprint density at radius 2 is 2.00 bits per heavy atom. The number of likely N-dealkylation sites (tertiary alicyclic amines) is 1. The fourth-order valence-electron chi connectivity index (χ4n) is 3.09. The van der Waals surface area contributed by atoms with E-state index in [1.54, 1.807) is 0 Å². The molecule has 5 nitrogen and oxygen atoms in total. The number of hydrogen-bond donors (Lipinski definition) is 2. The Balaban J connectivity index is 1.48. The maximum absolute atomic E-state index is 12.0. The van der Waals surface area contributed by atoms with E-state index >= 15 is 0 Å². The molecule has 0 spiro atoms. The maximum atomic E-state index is 12.0. The SMILES string of the molecule is O=C(CC1CNc2ccccc21)NCC(=O)N1CCCC1. The van der Waals surface area contributed by atoms with Gasteiger partial charge in [0, 0.05) is 37.7 Å². The highest BCUT2D eigenvalue weighted by atomic mass is 16.2. The molecule has 1 unspecified atom stereocenters. The van der Waals surface area contributed by atoms with Gasteiger partial charge in [-0.2, -0.15) is 0 Å². The highest BCUT2D eigenvalue weighted by Crippen LogP contribution is 2.32. The Bertz CT molecular complexity index is 538. The molecule has 0 saturated carbocycles. The number of anilines is 1. The van der Waals surface area contributed by atoms with Crippen molar-refractivity contribution in [3.63, 3.8) is 0 Å². The number of nitrogens with zero attached hydrogens (tertiary/aromatic N) is 1. The first kappa shape index (κ1) is 13.9. The molecule has 2 N–H and O–H groups in total. The quantitative estimate of drug-likeness (QED) is 0.878. The van der Waals surface area contributed by atoms with E-state index in [9.17, 15) is 9.59 Å². The third-order valence-corrected chi connectivity index (χ3v) is 4.27. The van der Waals surface area contributed by atoms with Gasteiger partial charge in [-0.25, -0.2) is 0 Å². The molecule has 0 aromatic heterocycles. The zero-order valence-corrected chi connectivity index (χ0v) is 12.1. The fourth-order valence-corrected chi connectivity index (χ4v) is 3.09. The predicted molar refractivity (Wildman–Crippen MR) is 81.1 cm³/mol. The summed E-state index contributed by atoms with van der Waals surface area (Å²) in [5, 5.41) is 6.07. The summed E-state index contributed by atoms with van der Waals surface area (Å²) in [4.78, 5) is 25.7. The van der Waals surface area contributed by atoms with Crippen LogP contribution >= 0.6 is 0 Å². The maximum Gasteiger partial charge on any atom is 0.241 e. The number of fused-ring (bicyclic) bond motifs is 1. The number of carbonyl (C=O) groups excluding carboxylic acids is 2. The van der Waals surface area contributed by atoms with Crippen LogP contribution in [0.2, 0.25) is 0 Å². The summed E-state index contributed by atoms with van der Waals surface area (Å²) in [6, 6.07) is 8.07. The number of carbonyl (C=O) groups is 2. The first-order chi connectivity index (χ1) is 10.2. The Labute approximate surface area is 124 Å². The Hall–Kier alpha value is -2.04. The van der Waals surface area contributed by atoms with Gasteiger partial charge in [-0.05, 0) is 24.5 Å². The van der Waals surface area contributed by atoms with Crippen LogP contribution in [0.1, 0.15) is 30.7 Å². The largest absolute Gasteiger partial charge is 0.384 e. The van der Waals surface area contributed by atoms with Crippen LogP contribution in [-0.4, -0.2) is 42.9 Å². The van der Waals surface area contributed by atoms with Gasteiger partial charge in [0.25, 0.3) is 0 Å². The Kier molecular flexibility index (Phi) is 4.08. The first-order valence-electron chi connectivity index (χ1n) is 7.61. The van der Waals surface area contributed by atoms with Crippen LogP contribution in [0.25, 0.3) is 0 Å². The minimum atomic E-state index is -0.0500. The van der Waals surface area contributed by atoms with Crippen molar-refractivity contribution in [2.45, 2.75) is 25.2 Å². The lowest BCUT2D eigenvalue weighted by atomic mass is 9.97. The normalized spacial score (nSPS) is 20.0. The smallest absolute Gasteiger partial charge is 0.241 e. The summed E-state index contributed by atoms with van der Waals surface area (Å²) in [7, 11) is 0. The molecule has 1 aromatic rings. The average Bonchev–Trinajstić information content (AvgIpc) is 3.15. The molecule has 0 aliphatic carbocycles. The Morgan fingerprint density at radius 1 is 1.24 bits per heavy atom. The molecule has 2 aliphatic rings. The molecular formula is C16H21N3O2. The van der Waals surface area contributed by atoms with Crippen molar-refractivity contribution in [3.8, 4) is 0 Å². The lowest BCUT2D eigenvalue weighted by Crippen LogP contribution is -2.39. The van der Waals surface area contributed by atoms with Gasteiger partial charge in [0.2, 0.25) is 11.8 Å². The minimum Gasteiger partial charge on any atom is -0.384 e. The summed E-state index contributed by atoms with van der Waals surface area (Å²) in [6.07, 6.45) is 2.58. The van der Waals surface area contributed by atoms with E-state index in [4.69, 9.17) is 0 Å². The van der Waals surface area contributed by atoms with E-state index in [1.165, 1.54) is 5.56 Å². The molecule has 1 atom stereocenters. The van der Waals surface area contributed by atoms with Crippen LogP contribution in [0.5, 0.6) is 0 Å². The first-order valence-corrected chi connectivity index (χ1v) is 7.61. The van der Waals surface area contributed by atoms with Crippen molar-refractivity contribution in [1.82, 2.24) is 10.2 Å². The van der Waals surface area contributed by atoms with Gasteiger partial charge in [-0.15, -0.1) is 0 Å². The molecular weight excluding hydrogens is 266 g/mol. The van der Waals surface area contributed by atoms with Crippen molar-refractivity contribution >= 4 is 17.5 Å². The van der Waals surface area contributed by atoms with Crippen molar-refractivity contribution in [2.75, 3.05) is 31.5 Å². The van der Waals surface area contributed by atoms with Gasteiger partial charge >= 0.3 is 0 Å². The number of para-hydroxylation sites is 1. The molecule has 112 valence electrons. The van der Waals surface area contributed by atoms with Crippen LogP contribution in [0.4, 0.5) is 5.69 Å². The molecule has 1 aromatic carbocycles. The van der Waals surface area contributed by atoms with Gasteiger partial charge in [0.15, 0.2) is 0 Å². The number of benzene rings is 1. The summed E-state index contributed by atoms with van der Waals surface area (Å²) in [6.45, 7) is 2.57. The van der Waals surface area contributed by atoms with E-state index in [2.05, 4.69) is 16.7 Å². The van der Waals surface area contributed by atoms with Crippen LogP contribution in [-0.2, 0) is 9.59 Å². The summed E-state index contributed by atoms with van der Waals surface area (Å²) in [5.41, 5.74) is 2.31. The lowest BCUT2D eigenvalue weighted by Gasteiger charge is -2.16. The molecule has 0 radical (unpaired) electrons. The number of rotatable bonds is 4. The van der Waals surface area contributed by atoms with Gasteiger partial charge in [-0.1, -0.05) is 18.2 Å². The van der Waals surface area contributed by atoms with Crippen LogP contribution < -0.4 is 10.6 Å². The zero-order chi connectivity index (χ0) is 14.7. The molecule has 2 heterocycles. The summed E-state index contributed by atoms with van der Waals surface area (Å²) in [5.74, 6) is 0.180. The molecule has 2 aliphatic heterocycles. The van der Waals surface area contributed by atoms with Crippen molar-refractivity contribution in [2.24, 2.45) is 0 Å². The number of nitrogens with one attached hydrogen (secondary N) is 2. The molecule has 0 bridgehead atoms. The van der Waals surface area contributed by atoms with E-state index in [0.717, 1.165) is 38.2 Å². The van der Waals surface area contributed by atoms with E-state index in [1.807, 2.05) is 23.1 Å². The lowest BCUT2D eigenvalue weighted by molar-refractivity contribution is -0.132. The van der Waals surface area contributed by atoms with Crippen LogP contribution in [0.3, 0.4) is 0 Å². The number of amides is 2. The molecule has 21 heavy (non-hydrogen) atoms. The number of hydrogen-bond acceptors (Lipinski definition) is 3. The topological polar surface area (TPSA) is 61.4 Å². The monoisotopic (exact) mass is 287 g/mol. The van der Waals surface area contributed by atoms with Crippen LogP contribution in [0, 0.1) is 0 Å². The predicted octanol–water partition coefficient (Wildman–Crippen LogP) is 1.32. The Morgan fingerprint density at radius 3 is 2.81 bits per heavy atom. The van der Waals surface area contributed by atoms with Gasteiger partial charge in [-0.3, -0.25) is 9.59 Å². The third kappa shape index (κ3) is 3.17. The second kappa shape index (κ2) is 6.16. The second-order valence-corrected chi connectivity index (χ2v) is 5.73. The molecule has 3 rings (SSSR count). The molecule has 1 saturated heterocycles. The van der Waals surface area contributed by atoms with Gasteiger partial charge < -0.3 is 15.5 Å².